The number of aliphatic hydroxyl groups is 3. The second-order valence-electron chi connectivity index (χ2n) is 9.74. The minimum atomic E-state index is -1.10. The van der Waals surface area contributed by atoms with Crippen LogP contribution in [0.4, 0.5) is 0 Å². The van der Waals surface area contributed by atoms with E-state index >= 15 is 0 Å². The molecule has 3 N–H and O–H groups in total. The minimum absolute atomic E-state index is 0.105. The first kappa shape index (κ1) is 18.4. The largest absolute Gasteiger partial charge is 0.393 e. The summed E-state index contributed by atoms with van der Waals surface area (Å²) in [6.07, 6.45) is 6.69. The van der Waals surface area contributed by atoms with Crippen LogP contribution in [0.25, 0.3) is 0 Å². The summed E-state index contributed by atoms with van der Waals surface area (Å²) in [4.78, 5) is 11.9. The summed E-state index contributed by atoms with van der Waals surface area (Å²) in [7, 11) is 0. The average Bonchev–Trinajstić information content (AvgIpc) is 2.86. The molecule has 0 heterocycles. The monoisotopic (exact) mass is 360 g/mol. The molecule has 4 aliphatic rings. The second-order valence-corrected chi connectivity index (χ2v) is 9.74. The SMILES string of the molecule is C=C(CO)[C@@]1(O)CC[C@@H]2[C@H]3CCC4=CC(=O)CC[C@]4(C)[C@H]3[C@H](O)C[C@@]21C. The summed E-state index contributed by atoms with van der Waals surface area (Å²) in [6.45, 7) is 8.06. The van der Waals surface area contributed by atoms with Gasteiger partial charge in [0.25, 0.3) is 0 Å². The van der Waals surface area contributed by atoms with Crippen LogP contribution in [0.1, 0.15) is 58.8 Å². The Hall–Kier alpha value is -0.970. The van der Waals surface area contributed by atoms with E-state index in [-0.39, 0.29) is 23.7 Å². The Morgan fingerprint density at radius 3 is 2.69 bits per heavy atom. The molecule has 3 fully saturated rings. The van der Waals surface area contributed by atoms with Gasteiger partial charge in [-0.1, -0.05) is 26.0 Å². The zero-order valence-corrected chi connectivity index (χ0v) is 16.0. The topological polar surface area (TPSA) is 77.8 Å². The summed E-state index contributed by atoms with van der Waals surface area (Å²) in [5.41, 5.74) is 0.0596. The molecule has 0 aromatic heterocycles. The molecule has 0 spiro atoms. The van der Waals surface area contributed by atoms with E-state index < -0.39 is 17.1 Å². The van der Waals surface area contributed by atoms with E-state index in [0.717, 1.165) is 25.7 Å². The molecule has 4 aliphatic carbocycles. The van der Waals surface area contributed by atoms with Crippen molar-refractivity contribution in [3.63, 3.8) is 0 Å². The number of fused-ring (bicyclic) bond motifs is 5. The van der Waals surface area contributed by atoms with E-state index in [1.807, 2.05) is 6.08 Å². The van der Waals surface area contributed by atoms with Gasteiger partial charge < -0.3 is 15.3 Å². The Kier molecular flexibility index (Phi) is 4.08. The van der Waals surface area contributed by atoms with Crippen molar-refractivity contribution in [2.24, 2.45) is 28.6 Å². The molecule has 0 amide bonds. The van der Waals surface area contributed by atoms with Crippen LogP contribution in [-0.4, -0.2) is 39.4 Å². The average molecular weight is 360 g/mol. The van der Waals surface area contributed by atoms with Crippen LogP contribution < -0.4 is 0 Å². The minimum Gasteiger partial charge on any atom is -0.393 e. The molecule has 0 unspecified atom stereocenters. The summed E-state index contributed by atoms with van der Waals surface area (Å²) < 4.78 is 0. The van der Waals surface area contributed by atoms with Crippen molar-refractivity contribution >= 4 is 5.78 Å². The molecule has 0 aromatic rings. The van der Waals surface area contributed by atoms with Gasteiger partial charge in [0.05, 0.1) is 18.3 Å². The lowest BCUT2D eigenvalue weighted by atomic mass is 9.45. The lowest BCUT2D eigenvalue weighted by molar-refractivity contribution is -0.162. The molecule has 26 heavy (non-hydrogen) atoms. The van der Waals surface area contributed by atoms with Gasteiger partial charge in [-0.05, 0) is 73.3 Å². The number of allylic oxidation sites excluding steroid dienone is 1. The number of rotatable bonds is 2. The standard InChI is InChI=1S/C22H32O4/c1-13(12-23)22(26)9-7-17-16-5-4-14-10-15(24)6-8-20(14,2)19(16)18(25)11-21(17,22)3/h10,16-19,23,25-26H,1,4-9,11-12H2,2-3H3/t16-,17-,18-,19-,20+,21+,22+/m1/s1. The molecule has 4 rings (SSSR count). The molecule has 0 aliphatic heterocycles. The summed E-state index contributed by atoms with van der Waals surface area (Å²) >= 11 is 0. The highest BCUT2D eigenvalue weighted by Crippen LogP contribution is 2.68. The maximum atomic E-state index is 11.9. The Bertz CT molecular complexity index is 682. The van der Waals surface area contributed by atoms with E-state index in [1.54, 1.807) is 0 Å². The fourth-order valence-electron chi connectivity index (χ4n) is 7.40. The molecular formula is C22H32O4. The van der Waals surface area contributed by atoms with Gasteiger partial charge in [0.2, 0.25) is 0 Å². The van der Waals surface area contributed by atoms with E-state index in [9.17, 15) is 20.1 Å². The number of ketones is 1. The Morgan fingerprint density at radius 1 is 1.27 bits per heavy atom. The van der Waals surface area contributed by atoms with Crippen LogP contribution in [0, 0.1) is 28.6 Å². The molecule has 4 heteroatoms. The maximum Gasteiger partial charge on any atom is 0.155 e. The molecule has 3 saturated carbocycles. The third kappa shape index (κ3) is 2.15. The lowest BCUT2D eigenvalue weighted by Crippen LogP contribution is -2.60. The number of hydrogen-bond donors (Lipinski definition) is 3. The van der Waals surface area contributed by atoms with Crippen molar-refractivity contribution in [2.45, 2.75) is 70.5 Å². The van der Waals surface area contributed by atoms with Crippen molar-refractivity contribution in [3.8, 4) is 0 Å². The molecule has 0 radical (unpaired) electrons. The van der Waals surface area contributed by atoms with Gasteiger partial charge in [-0.2, -0.15) is 0 Å². The quantitative estimate of drug-likeness (QED) is 0.662. The normalized spacial score (nSPS) is 50.5. The van der Waals surface area contributed by atoms with Crippen molar-refractivity contribution in [1.82, 2.24) is 0 Å². The van der Waals surface area contributed by atoms with Crippen molar-refractivity contribution in [1.29, 1.82) is 0 Å². The van der Waals surface area contributed by atoms with Gasteiger partial charge in [0.1, 0.15) is 0 Å². The first-order valence-corrected chi connectivity index (χ1v) is 10.1. The summed E-state index contributed by atoms with van der Waals surface area (Å²) in [5.74, 6) is 1.04. The van der Waals surface area contributed by atoms with Crippen LogP contribution in [-0.2, 0) is 4.79 Å². The summed E-state index contributed by atoms with van der Waals surface area (Å²) in [5, 5.41) is 32.3. The lowest BCUT2D eigenvalue weighted by Gasteiger charge is -2.61. The molecule has 0 saturated heterocycles. The van der Waals surface area contributed by atoms with Crippen LogP contribution in [0.3, 0.4) is 0 Å². The molecular weight excluding hydrogens is 328 g/mol. The predicted octanol–water partition coefficient (Wildman–Crippen LogP) is 2.77. The molecule has 4 nitrogen and oxygen atoms in total. The molecule has 7 atom stereocenters. The third-order valence-corrected chi connectivity index (χ3v) is 8.82. The van der Waals surface area contributed by atoms with Crippen molar-refractivity contribution in [2.75, 3.05) is 6.61 Å². The van der Waals surface area contributed by atoms with Crippen molar-refractivity contribution < 1.29 is 20.1 Å². The van der Waals surface area contributed by atoms with Gasteiger partial charge in [0, 0.05) is 11.8 Å². The number of hydrogen-bond acceptors (Lipinski definition) is 4. The van der Waals surface area contributed by atoms with Crippen LogP contribution >= 0.6 is 0 Å². The highest BCUT2D eigenvalue weighted by atomic mass is 16.3. The highest BCUT2D eigenvalue weighted by Gasteiger charge is 2.66. The van der Waals surface area contributed by atoms with Crippen LogP contribution in [0.2, 0.25) is 0 Å². The van der Waals surface area contributed by atoms with E-state index in [2.05, 4.69) is 20.4 Å². The van der Waals surface area contributed by atoms with Gasteiger partial charge >= 0.3 is 0 Å². The van der Waals surface area contributed by atoms with Gasteiger partial charge in [-0.25, -0.2) is 0 Å². The Balaban J connectivity index is 1.74. The highest BCUT2D eigenvalue weighted by molar-refractivity contribution is 5.91. The predicted molar refractivity (Wildman–Crippen MR) is 99.3 cm³/mol. The fourth-order valence-corrected chi connectivity index (χ4v) is 7.40. The van der Waals surface area contributed by atoms with Gasteiger partial charge in [-0.3, -0.25) is 4.79 Å². The van der Waals surface area contributed by atoms with E-state index in [1.165, 1.54) is 5.57 Å². The first-order chi connectivity index (χ1) is 12.2. The van der Waals surface area contributed by atoms with E-state index in [0.29, 0.717) is 36.7 Å². The zero-order chi connectivity index (χ0) is 18.9. The second kappa shape index (κ2) is 5.76. The van der Waals surface area contributed by atoms with Crippen molar-refractivity contribution in [3.05, 3.63) is 23.8 Å². The number of carbonyl (C=O) groups excluding carboxylic acids is 1. The molecule has 0 bridgehead atoms. The van der Waals surface area contributed by atoms with Gasteiger partial charge in [0.15, 0.2) is 5.78 Å². The van der Waals surface area contributed by atoms with Gasteiger partial charge in [-0.15, -0.1) is 0 Å². The Morgan fingerprint density at radius 2 is 2.00 bits per heavy atom. The fraction of sp³-hybridized carbons (Fsp3) is 0.773. The Labute approximate surface area is 156 Å². The zero-order valence-electron chi connectivity index (χ0n) is 16.0. The smallest absolute Gasteiger partial charge is 0.155 e. The molecule has 0 aromatic carbocycles. The van der Waals surface area contributed by atoms with Crippen LogP contribution in [0.5, 0.6) is 0 Å². The molecule has 144 valence electrons. The number of aliphatic hydroxyl groups excluding tert-OH is 2. The third-order valence-electron chi connectivity index (χ3n) is 8.82. The van der Waals surface area contributed by atoms with Crippen LogP contribution in [0.15, 0.2) is 23.8 Å². The number of carbonyl (C=O) groups is 1. The van der Waals surface area contributed by atoms with E-state index in [4.69, 9.17) is 0 Å². The summed E-state index contributed by atoms with van der Waals surface area (Å²) in [6, 6.07) is 0. The first-order valence-electron chi connectivity index (χ1n) is 10.1. The maximum absolute atomic E-state index is 11.9.